The summed E-state index contributed by atoms with van der Waals surface area (Å²) in [7, 11) is 0. The van der Waals surface area contributed by atoms with E-state index in [0.717, 1.165) is 5.52 Å². The minimum atomic E-state index is 1.09. The minimum absolute atomic E-state index is 1.09. The SMILES string of the molecule is Cc1ccc2ncc3ccsc3c2c1. The zero-order valence-electron chi connectivity index (χ0n) is 7.82. The highest BCUT2D eigenvalue weighted by molar-refractivity contribution is 7.18. The predicted molar refractivity (Wildman–Crippen MR) is 61.9 cm³/mol. The lowest BCUT2D eigenvalue weighted by Crippen LogP contribution is -1.79. The number of hydrogen-bond acceptors (Lipinski definition) is 2. The lowest BCUT2D eigenvalue weighted by Gasteiger charge is -1.99. The first-order valence-corrected chi connectivity index (χ1v) is 5.45. The van der Waals surface area contributed by atoms with Crippen LogP contribution in [0.4, 0.5) is 0 Å². The fourth-order valence-electron chi connectivity index (χ4n) is 1.72. The van der Waals surface area contributed by atoms with Gasteiger partial charge >= 0.3 is 0 Å². The van der Waals surface area contributed by atoms with Crippen LogP contribution >= 0.6 is 11.3 Å². The summed E-state index contributed by atoms with van der Waals surface area (Å²) in [6.45, 7) is 2.12. The van der Waals surface area contributed by atoms with Crippen LogP contribution in [0.25, 0.3) is 21.0 Å². The van der Waals surface area contributed by atoms with Crippen LogP contribution in [0.15, 0.2) is 35.8 Å². The van der Waals surface area contributed by atoms with E-state index in [1.165, 1.54) is 21.0 Å². The topological polar surface area (TPSA) is 12.9 Å². The summed E-state index contributed by atoms with van der Waals surface area (Å²) in [6.07, 6.45) is 1.95. The summed E-state index contributed by atoms with van der Waals surface area (Å²) in [5, 5.41) is 4.64. The van der Waals surface area contributed by atoms with Crippen LogP contribution in [-0.4, -0.2) is 4.98 Å². The van der Waals surface area contributed by atoms with Gasteiger partial charge in [0.1, 0.15) is 0 Å². The quantitative estimate of drug-likeness (QED) is 0.537. The van der Waals surface area contributed by atoms with E-state index < -0.39 is 0 Å². The monoisotopic (exact) mass is 199 g/mol. The lowest BCUT2D eigenvalue weighted by molar-refractivity contribution is 1.43. The van der Waals surface area contributed by atoms with Crippen molar-refractivity contribution in [3.63, 3.8) is 0 Å². The molecule has 1 nitrogen and oxygen atoms in total. The first kappa shape index (κ1) is 7.94. The Bertz CT molecular complexity index is 610. The fraction of sp³-hybridized carbons (Fsp3) is 0.0833. The third-order valence-electron chi connectivity index (χ3n) is 2.44. The third-order valence-corrected chi connectivity index (χ3v) is 3.40. The van der Waals surface area contributed by atoms with Crippen molar-refractivity contribution in [3.05, 3.63) is 41.4 Å². The summed E-state index contributed by atoms with van der Waals surface area (Å²) >= 11 is 1.79. The Hall–Kier alpha value is -1.41. The molecule has 0 aliphatic rings. The second kappa shape index (κ2) is 2.79. The van der Waals surface area contributed by atoms with Gasteiger partial charge in [-0.25, -0.2) is 0 Å². The molecule has 0 aliphatic carbocycles. The summed E-state index contributed by atoms with van der Waals surface area (Å²) in [4.78, 5) is 4.43. The van der Waals surface area contributed by atoms with Crippen molar-refractivity contribution in [1.29, 1.82) is 0 Å². The molecule has 2 heteroatoms. The molecule has 68 valence electrons. The van der Waals surface area contributed by atoms with E-state index in [0.29, 0.717) is 0 Å². The van der Waals surface area contributed by atoms with Gasteiger partial charge in [0.25, 0.3) is 0 Å². The Morgan fingerprint density at radius 1 is 1.21 bits per heavy atom. The van der Waals surface area contributed by atoms with Crippen molar-refractivity contribution in [2.24, 2.45) is 0 Å². The second-order valence-corrected chi connectivity index (χ2v) is 4.40. The van der Waals surface area contributed by atoms with E-state index in [4.69, 9.17) is 0 Å². The van der Waals surface area contributed by atoms with Gasteiger partial charge in [0.2, 0.25) is 0 Å². The molecule has 3 rings (SSSR count). The molecule has 2 heterocycles. The van der Waals surface area contributed by atoms with E-state index in [1.54, 1.807) is 11.3 Å². The number of fused-ring (bicyclic) bond motifs is 3. The highest BCUT2D eigenvalue weighted by Gasteiger charge is 2.02. The molecule has 0 aliphatic heterocycles. The first-order chi connectivity index (χ1) is 6.84. The Balaban J connectivity index is 2.60. The molecule has 14 heavy (non-hydrogen) atoms. The van der Waals surface area contributed by atoms with Gasteiger partial charge in [-0.15, -0.1) is 11.3 Å². The largest absolute Gasteiger partial charge is 0.256 e. The Labute approximate surface area is 86.0 Å². The molecule has 0 amide bonds. The molecule has 0 bridgehead atoms. The Morgan fingerprint density at radius 2 is 2.14 bits per heavy atom. The van der Waals surface area contributed by atoms with Crippen LogP contribution in [0.1, 0.15) is 5.56 Å². The number of thiophene rings is 1. The minimum Gasteiger partial charge on any atom is -0.256 e. The molecule has 0 unspecified atom stereocenters. The number of nitrogens with zero attached hydrogens (tertiary/aromatic N) is 1. The number of aryl methyl sites for hydroxylation is 1. The van der Waals surface area contributed by atoms with Crippen molar-refractivity contribution in [2.45, 2.75) is 6.92 Å². The number of benzene rings is 1. The van der Waals surface area contributed by atoms with Gasteiger partial charge in [-0.05, 0) is 30.5 Å². The van der Waals surface area contributed by atoms with Crippen LogP contribution in [0.3, 0.4) is 0 Å². The van der Waals surface area contributed by atoms with E-state index >= 15 is 0 Å². The molecule has 1 aromatic carbocycles. The highest BCUT2D eigenvalue weighted by Crippen LogP contribution is 2.28. The molecular weight excluding hydrogens is 190 g/mol. The van der Waals surface area contributed by atoms with Crippen LogP contribution in [0, 0.1) is 6.92 Å². The van der Waals surface area contributed by atoms with Gasteiger partial charge in [0.15, 0.2) is 0 Å². The van der Waals surface area contributed by atoms with Crippen molar-refractivity contribution in [2.75, 3.05) is 0 Å². The zero-order chi connectivity index (χ0) is 9.54. The fourth-order valence-corrected chi connectivity index (χ4v) is 2.62. The molecule has 3 aromatic rings. The molecule has 0 fully saturated rings. The molecule has 0 N–H and O–H groups in total. The van der Waals surface area contributed by atoms with Crippen LogP contribution in [-0.2, 0) is 0 Å². The van der Waals surface area contributed by atoms with Gasteiger partial charge in [-0.1, -0.05) is 11.6 Å². The van der Waals surface area contributed by atoms with Crippen LogP contribution < -0.4 is 0 Å². The predicted octanol–water partition coefficient (Wildman–Crippen LogP) is 3.76. The normalized spacial score (nSPS) is 11.2. The van der Waals surface area contributed by atoms with Gasteiger partial charge in [0, 0.05) is 21.7 Å². The van der Waals surface area contributed by atoms with Crippen molar-refractivity contribution in [1.82, 2.24) is 4.98 Å². The smallest absolute Gasteiger partial charge is 0.0716 e. The first-order valence-electron chi connectivity index (χ1n) is 4.57. The molecule has 0 saturated heterocycles. The molecular formula is C12H9NS. The second-order valence-electron chi connectivity index (χ2n) is 3.48. The lowest BCUT2D eigenvalue weighted by atomic mass is 10.1. The van der Waals surface area contributed by atoms with Crippen molar-refractivity contribution < 1.29 is 0 Å². The Morgan fingerprint density at radius 3 is 3.07 bits per heavy atom. The average Bonchev–Trinajstić information content (AvgIpc) is 2.65. The highest BCUT2D eigenvalue weighted by atomic mass is 32.1. The maximum atomic E-state index is 4.43. The van der Waals surface area contributed by atoms with Crippen LogP contribution in [0.5, 0.6) is 0 Å². The maximum Gasteiger partial charge on any atom is 0.0716 e. The van der Waals surface area contributed by atoms with Gasteiger partial charge in [0.05, 0.1) is 5.52 Å². The van der Waals surface area contributed by atoms with Crippen molar-refractivity contribution in [3.8, 4) is 0 Å². The number of hydrogen-bond donors (Lipinski definition) is 0. The third kappa shape index (κ3) is 1.04. The van der Waals surface area contributed by atoms with E-state index in [1.807, 2.05) is 6.20 Å². The molecule has 0 radical (unpaired) electrons. The number of rotatable bonds is 0. The van der Waals surface area contributed by atoms with E-state index in [-0.39, 0.29) is 0 Å². The van der Waals surface area contributed by atoms with Crippen LogP contribution in [0.2, 0.25) is 0 Å². The standard InChI is InChI=1S/C12H9NS/c1-8-2-3-11-10(6-8)12-9(7-13-11)4-5-14-12/h2-7H,1H3. The summed E-state index contributed by atoms with van der Waals surface area (Å²) in [5.41, 5.74) is 2.38. The summed E-state index contributed by atoms with van der Waals surface area (Å²) in [6, 6.07) is 8.52. The van der Waals surface area contributed by atoms with E-state index in [2.05, 4.69) is 41.6 Å². The number of aromatic nitrogens is 1. The Kier molecular flexibility index (Phi) is 1.58. The molecule has 0 atom stereocenters. The average molecular weight is 199 g/mol. The van der Waals surface area contributed by atoms with Gasteiger partial charge in [-0.3, -0.25) is 4.98 Å². The zero-order valence-corrected chi connectivity index (χ0v) is 8.64. The molecule has 0 saturated carbocycles. The molecule has 2 aromatic heterocycles. The van der Waals surface area contributed by atoms with Gasteiger partial charge < -0.3 is 0 Å². The summed E-state index contributed by atoms with van der Waals surface area (Å²) in [5.74, 6) is 0. The van der Waals surface area contributed by atoms with Gasteiger partial charge in [-0.2, -0.15) is 0 Å². The number of pyridine rings is 1. The van der Waals surface area contributed by atoms with E-state index in [9.17, 15) is 0 Å². The van der Waals surface area contributed by atoms with Crippen molar-refractivity contribution >= 4 is 32.3 Å². The molecule has 0 spiro atoms. The summed E-state index contributed by atoms with van der Waals surface area (Å²) < 4.78 is 1.35. The maximum absolute atomic E-state index is 4.43.